The van der Waals surface area contributed by atoms with Crippen molar-refractivity contribution in [1.29, 1.82) is 5.26 Å². The quantitative estimate of drug-likeness (QED) is 0.924. The number of carbonyl (C=O) groups excluding carboxylic acids is 1. The number of H-pyrrole nitrogens is 1. The number of piperidine rings is 1. The van der Waals surface area contributed by atoms with Crippen LogP contribution in [0.15, 0.2) is 30.5 Å². The van der Waals surface area contributed by atoms with Gasteiger partial charge in [0.15, 0.2) is 0 Å². The van der Waals surface area contributed by atoms with Gasteiger partial charge in [-0.25, -0.2) is 0 Å². The summed E-state index contributed by atoms with van der Waals surface area (Å²) in [5.74, 6) is 0.313. The van der Waals surface area contributed by atoms with Crippen LogP contribution in [0.5, 0.6) is 0 Å². The van der Waals surface area contributed by atoms with Crippen LogP contribution >= 0.6 is 0 Å². The van der Waals surface area contributed by atoms with Crippen molar-refractivity contribution in [2.24, 2.45) is 0 Å². The molecule has 1 unspecified atom stereocenters. The molecule has 134 valence electrons. The number of nitrogens with one attached hydrogen (secondary N) is 1. The number of aromatic nitrogens is 2. The molecule has 0 saturated carbocycles. The zero-order valence-electron chi connectivity index (χ0n) is 14.8. The fourth-order valence-electron chi connectivity index (χ4n) is 4.08. The molecule has 0 bridgehead atoms. The van der Waals surface area contributed by atoms with Gasteiger partial charge in [-0.05, 0) is 49.9 Å². The maximum atomic E-state index is 13.0. The van der Waals surface area contributed by atoms with Gasteiger partial charge in [0.2, 0.25) is 0 Å². The van der Waals surface area contributed by atoms with Crippen LogP contribution in [0.25, 0.3) is 0 Å². The zero-order valence-corrected chi connectivity index (χ0v) is 14.8. The first-order chi connectivity index (χ1) is 12.8. The third-order valence-corrected chi connectivity index (χ3v) is 5.48. The molecule has 3 heterocycles. The van der Waals surface area contributed by atoms with E-state index >= 15 is 0 Å². The fraction of sp³-hybridized carbons (Fsp3) is 0.450. The molecule has 2 saturated heterocycles. The summed E-state index contributed by atoms with van der Waals surface area (Å²) in [7, 11) is 0. The van der Waals surface area contributed by atoms with E-state index in [-0.39, 0.29) is 5.91 Å². The number of aromatic amines is 1. The van der Waals surface area contributed by atoms with Crippen LogP contribution in [-0.2, 0) is 0 Å². The topological polar surface area (TPSA) is 76.0 Å². The van der Waals surface area contributed by atoms with E-state index in [2.05, 4.69) is 21.2 Å². The van der Waals surface area contributed by atoms with E-state index in [0.717, 1.165) is 56.7 Å². The minimum absolute atomic E-state index is 0.0127. The molecule has 0 aliphatic carbocycles. The van der Waals surface area contributed by atoms with Crippen LogP contribution in [0, 0.1) is 11.3 Å². The van der Waals surface area contributed by atoms with Crippen molar-refractivity contribution in [3.63, 3.8) is 0 Å². The Hall–Kier alpha value is -2.81. The first kappa shape index (κ1) is 16.6. The fourth-order valence-corrected chi connectivity index (χ4v) is 4.08. The van der Waals surface area contributed by atoms with E-state index in [4.69, 9.17) is 0 Å². The first-order valence-corrected chi connectivity index (χ1v) is 9.34. The minimum atomic E-state index is 0.0127. The van der Waals surface area contributed by atoms with Crippen LogP contribution in [0.2, 0.25) is 0 Å². The second-order valence-corrected chi connectivity index (χ2v) is 7.14. The maximum Gasteiger partial charge on any atom is 0.253 e. The molecule has 1 aromatic carbocycles. The number of hydrogen-bond donors (Lipinski definition) is 1. The number of rotatable bonds is 3. The highest BCUT2D eigenvalue weighted by atomic mass is 16.2. The number of likely N-dealkylation sites (tertiary alicyclic amines) is 1. The molecule has 0 radical (unpaired) electrons. The third kappa shape index (κ3) is 3.17. The summed E-state index contributed by atoms with van der Waals surface area (Å²) in [6, 6.07) is 9.83. The summed E-state index contributed by atoms with van der Waals surface area (Å²) in [4.78, 5) is 17.1. The number of amides is 1. The standard InChI is InChI=1S/C20H23N5O/c21-13-17-12-15(5-6-19(17)24-9-1-2-10-24)20(26)25-11-3-4-16(14-25)18-7-8-22-23-18/h5-8,12,16H,1-4,9-11,14H2,(H,22,23). The maximum absolute atomic E-state index is 13.0. The first-order valence-electron chi connectivity index (χ1n) is 9.34. The molecule has 6 heteroatoms. The summed E-state index contributed by atoms with van der Waals surface area (Å²) in [5, 5.41) is 16.6. The van der Waals surface area contributed by atoms with Gasteiger partial charge in [-0.15, -0.1) is 0 Å². The molecule has 1 aromatic heterocycles. The van der Waals surface area contributed by atoms with Gasteiger partial charge in [-0.3, -0.25) is 9.89 Å². The van der Waals surface area contributed by atoms with Gasteiger partial charge >= 0.3 is 0 Å². The number of hydrogen-bond acceptors (Lipinski definition) is 4. The number of anilines is 1. The van der Waals surface area contributed by atoms with E-state index in [1.807, 2.05) is 23.1 Å². The highest BCUT2D eigenvalue weighted by Crippen LogP contribution is 2.28. The van der Waals surface area contributed by atoms with Crippen molar-refractivity contribution >= 4 is 11.6 Å². The Balaban J connectivity index is 1.53. The largest absolute Gasteiger partial charge is 0.370 e. The normalized spacial score (nSPS) is 20.2. The SMILES string of the molecule is N#Cc1cc(C(=O)N2CCCC(c3ccn[nH]3)C2)ccc1N1CCCC1. The lowest BCUT2D eigenvalue weighted by molar-refractivity contribution is 0.0706. The monoisotopic (exact) mass is 349 g/mol. The average molecular weight is 349 g/mol. The van der Waals surface area contributed by atoms with Gasteiger partial charge in [0, 0.05) is 49.6 Å². The van der Waals surface area contributed by atoms with E-state index in [1.165, 1.54) is 0 Å². The molecule has 1 N–H and O–H groups in total. The summed E-state index contributed by atoms with van der Waals surface area (Å²) in [5.41, 5.74) is 3.25. The third-order valence-electron chi connectivity index (χ3n) is 5.48. The highest BCUT2D eigenvalue weighted by molar-refractivity contribution is 5.95. The highest BCUT2D eigenvalue weighted by Gasteiger charge is 2.27. The molecule has 1 amide bonds. The second kappa shape index (κ2) is 7.20. The van der Waals surface area contributed by atoms with Crippen molar-refractivity contribution < 1.29 is 4.79 Å². The van der Waals surface area contributed by atoms with E-state index in [9.17, 15) is 10.1 Å². The minimum Gasteiger partial charge on any atom is -0.370 e. The number of nitrogens with zero attached hydrogens (tertiary/aromatic N) is 4. The summed E-state index contributed by atoms with van der Waals surface area (Å²) >= 11 is 0. The van der Waals surface area contributed by atoms with Crippen LogP contribution in [-0.4, -0.2) is 47.2 Å². The van der Waals surface area contributed by atoms with Crippen molar-refractivity contribution in [1.82, 2.24) is 15.1 Å². The molecule has 26 heavy (non-hydrogen) atoms. The van der Waals surface area contributed by atoms with Crippen molar-refractivity contribution in [3.05, 3.63) is 47.3 Å². The molecule has 0 spiro atoms. The van der Waals surface area contributed by atoms with Gasteiger partial charge in [0.25, 0.3) is 5.91 Å². The van der Waals surface area contributed by atoms with Gasteiger partial charge in [-0.2, -0.15) is 10.4 Å². The van der Waals surface area contributed by atoms with E-state index in [1.54, 1.807) is 12.3 Å². The molecule has 2 aromatic rings. The Morgan fingerprint density at radius 3 is 2.77 bits per heavy atom. The molecule has 4 rings (SSSR count). The molecule has 6 nitrogen and oxygen atoms in total. The lowest BCUT2D eigenvalue weighted by atomic mass is 9.94. The molecule has 2 fully saturated rings. The van der Waals surface area contributed by atoms with Crippen LogP contribution in [0.1, 0.15) is 53.2 Å². The van der Waals surface area contributed by atoms with Crippen molar-refractivity contribution in [2.75, 3.05) is 31.1 Å². The molecular weight excluding hydrogens is 326 g/mol. The Morgan fingerprint density at radius 2 is 2.04 bits per heavy atom. The number of benzene rings is 1. The van der Waals surface area contributed by atoms with E-state index in [0.29, 0.717) is 23.6 Å². The van der Waals surface area contributed by atoms with Crippen molar-refractivity contribution in [3.8, 4) is 6.07 Å². The van der Waals surface area contributed by atoms with E-state index < -0.39 is 0 Å². The Kier molecular flexibility index (Phi) is 4.61. The molecule has 2 aliphatic heterocycles. The Morgan fingerprint density at radius 1 is 1.19 bits per heavy atom. The number of nitriles is 1. The van der Waals surface area contributed by atoms with Crippen molar-refractivity contribution in [2.45, 2.75) is 31.6 Å². The molecule has 2 aliphatic rings. The van der Waals surface area contributed by atoms with Crippen LogP contribution in [0.4, 0.5) is 5.69 Å². The average Bonchev–Trinajstić information content (AvgIpc) is 3.41. The zero-order chi connectivity index (χ0) is 17.9. The Bertz CT molecular complexity index is 817. The summed E-state index contributed by atoms with van der Waals surface area (Å²) in [6.45, 7) is 3.43. The molecular formula is C20H23N5O. The summed E-state index contributed by atoms with van der Waals surface area (Å²) in [6.07, 6.45) is 6.12. The predicted molar refractivity (Wildman–Crippen MR) is 99.1 cm³/mol. The summed E-state index contributed by atoms with van der Waals surface area (Å²) < 4.78 is 0. The van der Waals surface area contributed by atoms with Gasteiger partial charge < -0.3 is 9.80 Å². The molecule has 1 atom stereocenters. The van der Waals surface area contributed by atoms with Gasteiger partial charge in [-0.1, -0.05) is 0 Å². The van der Waals surface area contributed by atoms with Gasteiger partial charge in [0.1, 0.15) is 6.07 Å². The predicted octanol–water partition coefficient (Wildman–Crippen LogP) is 2.90. The second-order valence-electron chi connectivity index (χ2n) is 7.14. The van der Waals surface area contributed by atoms with Crippen LogP contribution < -0.4 is 4.90 Å². The Labute approximate surface area is 153 Å². The van der Waals surface area contributed by atoms with Crippen LogP contribution in [0.3, 0.4) is 0 Å². The lowest BCUT2D eigenvalue weighted by Crippen LogP contribution is -2.39. The lowest BCUT2D eigenvalue weighted by Gasteiger charge is -2.32. The number of carbonyl (C=O) groups is 1. The smallest absolute Gasteiger partial charge is 0.253 e. The van der Waals surface area contributed by atoms with Gasteiger partial charge in [0.05, 0.1) is 11.3 Å².